The molecule has 0 aliphatic heterocycles. The van der Waals surface area contributed by atoms with Crippen LogP contribution in [0.4, 0.5) is 0 Å². The van der Waals surface area contributed by atoms with Gasteiger partial charge in [-0.05, 0) is 6.92 Å². The van der Waals surface area contributed by atoms with Crippen molar-refractivity contribution in [1.29, 1.82) is 0 Å². The van der Waals surface area contributed by atoms with E-state index in [1.54, 1.807) is 18.2 Å². The standard InChI is InChI=1S/C9H11O4P.Na/c1-7(14(11,12)13)9(10)8-5-3-2-4-6-8;/h2-7H,1H3,(H2,11,12,13);/q;+1/p-1. The number of benzene rings is 1. The van der Waals surface area contributed by atoms with Crippen LogP contribution in [0.5, 0.6) is 0 Å². The second-order valence-electron chi connectivity index (χ2n) is 2.97. The van der Waals surface area contributed by atoms with Crippen LogP contribution in [0.1, 0.15) is 17.3 Å². The molecule has 76 valence electrons. The van der Waals surface area contributed by atoms with E-state index in [0.29, 0.717) is 0 Å². The van der Waals surface area contributed by atoms with Crippen LogP contribution in [0, 0.1) is 0 Å². The van der Waals surface area contributed by atoms with E-state index in [1.807, 2.05) is 0 Å². The summed E-state index contributed by atoms with van der Waals surface area (Å²) in [6.07, 6.45) is 0. The normalized spacial score (nSPS) is 12.8. The zero-order valence-corrected chi connectivity index (χ0v) is 11.5. The van der Waals surface area contributed by atoms with Crippen molar-refractivity contribution in [3.63, 3.8) is 0 Å². The molecule has 0 amide bonds. The Labute approximate surface area is 111 Å². The predicted octanol–water partition coefficient (Wildman–Crippen LogP) is -3.26. The first-order valence-electron chi connectivity index (χ1n) is 4.05. The maximum absolute atomic E-state index is 11.5. The second-order valence-corrected chi connectivity index (χ2v) is 4.87. The van der Waals surface area contributed by atoms with Crippen LogP contribution in [0.2, 0.25) is 0 Å². The van der Waals surface area contributed by atoms with E-state index in [2.05, 4.69) is 0 Å². The number of Topliss-reactive ketones (excluding diaryl/α,β-unsaturated/α-hetero) is 1. The van der Waals surface area contributed by atoms with Crippen LogP contribution < -0.4 is 39.3 Å². The molecular weight excluding hydrogens is 226 g/mol. The molecule has 1 rings (SSSR count). The first-order chi connectivity index (χ1) is 6.43. The van der Waals surface area contributed by atoms with Gasteiger partial charge in [0.15, 0.2) is 0 Å². The molecular formula is C9H10NaO4P. The smallest absolute Gasteiger partial charge is 0.659 e. The third kappa shape index (κ3) is 4.29. The number of hydrogen-bond acceptors (Lipinski definition) is 4. The molecule has 1 aromatic rings. The predicted molar refractivity (Wildman–Crippen MR) is 49.4 cm³/mol. The van der Waals surface area contributed by atoms with E-state index in [-0.39, 0.29) is 35.1 Å². The molecule has 1 unspecified atom stereocenters. The molecule has 0 aliphatic rings. The summed E-state index contributed by atoms with van der Waals surface area (Å²) in [6, 6.07) is 8.00. The van der Waals surface area contributed by atoms with Crippen LogP contribution in [0.15, 0.2) is 30.3 Å². The second kappa shape index (κ2) is 6.06. The first-order valence-corrected chi connectivity index (χ1v) is 5.70. The maximum Gasteiger partial charge on any atom is 1.00 e. The minimum Gasteiger partial charge on any atom is -0.659 e. The monoisotopic (exact) mass is 236 g/mol. The van der Waals surface area contributed by atoms with Gasteiger partial charge in [0.25, 0.3) is 0 Å². The Balaban J connectivity index is 0.00000196. The zero-order valence-electron chi connectivity index (χ0n) is 8.58. The Morgan fingerprint density at radius 1 is 1.33 bits per heavy atom. The van der Waals surface area contributed by atoms with E-state index in [1.165, 1.54) is 19.1 Å². The Morgan fingerprint density at radius 2 is 1.80 bits per heavy atom. The van der Waals surface area contributed by atoms with Crippen LogP contribution in [0.25, 0.3) is 0 Å². The van der Waals surface area contributed by atoms with E-state index in [0.717, 1.165) is 0 Å². The summed E-state index contributed by atoms with van der Waals surface area (Å²) in [7, 11) is -4.58. The molecule has 0 spiro atoms. The SMILES string of the molecule is CC(C(=O)c1ccccc1)[P+]([O-])([O-])O.[Na+]. The fourth-order valence-corrected chi connectivity index (χ4v) is 1.44. The van der Waals surface area contributed by atoms with Crippen molar-refractivity contribution in [2.75, 3.05) is 0 Å². The minimum absolute atomic E-state index is 0. The van der Waals surface area contributed by atoms with Gasteiger partial charge in [0, 0.05) is 5.56 Å². The molecule has 4 nitrogen and oxygen atoms in total. The fourth-order valence-electron chi connectivity index (χ4n) is 0.992. The molecule has 0 fully saturated rings. The molecule has 0 saturated carbocycles. The van der Waals surface area contributed by atoms with Gasteiger partial charge in [0.05, 0.1) is 7.94 Å². The Kier molecular flexibility index (Phi) is 6.14. The van der Waals surface area contributed by atoms with Crippen molar-refractivity contribution in [3.05, 3.63) is 35.9 Å². The van der Waals surface area contributed by atoms with Gasteiger partial charge in [-0.25, -0.2) is 0 Å². The van der Waals surface area contributed by atoms with Gasteiger partial charge in [-0.3, -0.25) is 9.69 Å². The molecule has 0 aromatic heterocycles. The van der Waals surface area contributed by atoms with E-state index in [9.17, 15) is 14.6 Å². The molecule has 1 atom stereocenters. The van der Waals surface area contributed by atoms with E-state index < -0.39 is 19.4 Å². The third-order valence-corrected chi connectivity index (χ3v) is 3.14. The summed E-state index contributed by atoms with van der Waals surface area (Å²) in [5.74, 6) is -0.591. The van der Waals surface area contributed by atoms with Crippen LogP contribution in [0.3, 0.4) is 0 Å². The zero-order chi connectivity index (χ0) is 10.8. The van der Waals surface area contributed by atoms with Gasteiger partial charge in [-0.2, -0.15) is 0 Å². The van der Waals surface area contributed by atoms with Gasteiger partial charge in [-0.1, -0.05) is 30.3 Å². The van der Waals surface area contributed by atoms with Gasteiger partial charge in [0.2, 0.25) is 5.78 Å². The van der Waals surface area contributed by atoms with Crippen molar-refractivity contribution in [2.24, 2.45) is 0 Å². The average Bonchev–Trinajstić information content (AvgIpc) is 2.15. The van der Waals surface area contributed by atoms with Crippen molar-refractivity contribution < 1.29 is 49.0 Å². The summed E-state index contributed by atoms with van der Waals surface area (Å²) in [4.78, 5) is 41.6. The Morgan fingerprint density at radius 3 is 2.20 bits per heavy atom. The van der Waals surface area contributed by atoms with Gasteiger partial charge >= 0.3 is 29.6 Å². The van der Waals surface area contributed by atoms with Crippen molar-refractivity contribution in [1.82, 2.24) is 0 Å². The topological polar surface area (TPSA) is 83.4 Å². The third-order valence-electron chi connectivity index (χ3n) is 1.93. The van der Waals surface area contributed by atoms with Crippen molar-refractivity contribution in [3.8, 4) is 0 Å². The van der Waals surface area contributed by atoms with Crippen molar-refractivity contribution in [2.45, 2.75) is 12.6 Å². The summed E-state index contributed by atoms with van der Waals surface area (Å²) in [5, 5.41) is 0. The first kappa shape index (κ1) is 15.2. The molecule has 0 aliphatic carbocycles. The van der Waals surface area contributed by atoms with Gasteiger partial charge < -0.3 is 9.79 Å². The molecule has 0 radical (unpaired) electrons. The molecule has 15 heavy (non-hydrogen) atoms. The number of rotatable bonds is 3. The quantitative estimate of drug-likeness (QED) is 0.339. The summed E-state index contributed by atoms with van der Waals surface area (Å²) in [5.41, 5.74) is -1.10. The average molecular weight is 236 g/mol. The van der Waals surface area contributed by atoms with Crippen LogP contribution in [-0.4, -0.2) is 16.3 Å². The molecule has 0 heterocycles. The summed E-state index contributed by atoms with van der Waals surface area (Å²) < 4.78 is 0. The van der Waals surface area contributed by atoms with Crippen molar-refractivity contribution >= 4 is 13.7 Å². The number of carbonyl (C=O) groups excluding carboxylic acids is 1. The minimum atomic E-state index is -4.58. The molecule has 0 bridgehead atoms. The molecule has 6 heteroatoms. The Hall–Kier alpha value is 0.200. The van der Waals surface area contributed by atoms with E-state index >= 15 is 0 Å². The van der Waals surface area contributed by atoms with Gasteiger partial charge in [0.1, 0.15) is 5.66 Å². The molecule has 1 N–H and O–H groups in total. The number of carbonyl (C=O) groups is 1. The Bertz CT molecular complexity index is 323. The number of ketones is 1. The summed E-state index contributed by atoms with van der Waals surface area (Å²) >= 11 is 0. The fraction of sp³-hybridized carbons (Fsp3) is 0.222. The van der Waals surface area contributed by atoms with Crippen LogP contribution in [-0.2, 0) is 0 Å². The van der Waals surface area contributed by atoms with Crippen LogP contribution >= 0.6 is 7.94 Å². The van der Waals surface area contributed by atoms with Gasteiger partial charge in [-0.15, -0.1) is 0 Å². The maximum atomic E-state index is 11.5. The number of hydrogen-bond donors (Lipinski definition) is 1. The molecule has 1 aromatic carbocycles. The largest absolute Gasteiger partial charge is 1.00 e. The summed E-state index contributed by atoms with van der Waals surface area (Å²) in [6.45, 7) is 1.17. The van der Waals surface area contributed by atoms with E-state index in [4.69, 9.17) is 4.89 Å². The molecule has 0 saturated heterocycles.